The van der Waals surface area contributed by atoms with Crippen molar-refractivity contribution in [2.24, 2.45) is 11.1 Å². The van der Waals surface area contributed by atoms with Gasteiger partial charge in [0.25, 0.3) is 5.91 Å². The average Bonchev–Trinajstić information content (AvgIpc) is 2.67. The molecule has 0 fully saturated rings. The second-order valence-corrected chi connectivity index (χ2v) is 8.35. The monoisotopic (exact) mass is 470 g/mol. The van der Waals surface area contributed by atoms with Crippen molar-refractivity contribution in [3.8, 4) is 17.5 Å². The summed E-state index contributed by atoms with van der Waals surface area (Å²) in [5, 5.41) is 2.52. The Morgan fingerprint density at radius 2 is 1.79 bits per heavy atom. The molecule has 2 rings (SSSR count). The van der Waals surface area contributed by atoms with Gasteiger partial charge in [0, 0.05) is 6.07 Å². The zero-order valence-electron chi connectivity index (χ0n) is 18.5. The van der Waals surface area contributed by atoms with E-state index in [1.807, 2.05) is 20.8 Å². The number of hydrogen-bond acceptors (Lipinski definition) is 7. The largest absolute Gasteiger partial charge is 0.573 e. The Kier molecular flexibility index (Phi) is 8.07. The van der Waals surface area contributed by atoms with Crippen LogP contribution in [0.25, 0.3) is 0 Å². The Morgan fingerprint density at radius 1 is 1.15 bits per heavy atom. The number of hydrogen-bond donors (Lipinski definition) is 2. The van der Waals surface area contributed by atoms with Crippen LogP contribution >= 0.6 is 0 Å². The van der Waals surface area contributed by atoms with Gasteiger partial charge in [-0.05, 0) is 36.8 Å². The number of amides is 2. The smallest absolute Gasteiger partial charge is 0.436 e. The average molecular weight is 470 g/mol. The third-order valence-electron chi connectivity index (χ3n) is 4.20. The molecule has 0 aliphatic rings. The van der Waals surface area contributed by atoms with Crippen LogP contribution in [0.15, 0.2) is 30.6 Å². The van der Waals surface area contributed by atoms with E-state index in [1.165, 1.54) is 31.5 Å². The highest BCUT2D eigenvalue weighted by molar-refractivity contribution is 5.94. The second kappa shape index (κ2) is 10.4. The highest BCUT2D eigenvalue weighted by Gasteiger charge is 2.32. The summed E-state index contributed by atoms with van der Waals surface area (Å²) in [4.78, 5) is 31.5. The van der Waals surface area contributed by atoms with Crippen LogP contribution in [0.4, 0.5) is 23.7 Å². The van der Waals surface area contributed by atoms with E-state index in [-0.39, 0.29) is 34.8 Å². The lowest BCUT2D eigenvalue weighted by Gasteiger charge is -2.22. The molecule has 1 heterocycles. The topological polar surface area (TPSA) is 126 Å². The number of aryl methyl sites for hydroxylation is 1. The van der Waals surface area contributed by atoms with E-state index in [0.717, 1.165) is 6.07 Å². The number of halogens is 3. The first-order valence-corrected chi connectivity index (χ1v) is 9.85. The maximum Gasteiger partial charge on any atom is 0.573 e. The van der Waals surface area contributed by atoms with Crippen molar-refractivity contribution in [3.05, 3.63) is 36.2 Å². The minimum Gasteiger partial charge on any atom is -0.436 e. The Balaban J connectivity index is 2.05. The van der Waals surface area contributed by atoms with Gasteiger partial charge in [-0.3, -0.25) is 4.79 Å². The van der Waals surface area contributed by atoms with E-state index in [9.17, 15) is 22.8 Å². The number of rotatable bonds is 8. The summed E-state index contributed by atoms with van der Waals surface area (Å²) in [6, 6.07) is 3.70. The molecule has 180 valence electrons. The molecular formula is C21H25F3N4O5. The summed E-state index contributed by atoms with van der Waals surface area (Å²) in [5.41, 5.74) is 5.41. The van der Waals surface area contributed by atoms with Crippen LogP contribution in [-0.2, 0) is 9.53 Å². The number of benzene rings is 1. The molecule has 1 aromatic carbocycles. The lowest BCUT2D eigenvalue weighted by molar-refractivity contribution is -0.274. The number of nitrogens with one attached hydrogen (secondary N) is 1. The molecule has 2 amide bonds. The highest BCUT2D eigenvalue weighted by atomic mass is 19.4. The maximum atomic E-state index is 12.5. The van der Waals surface area contributed by atoms with Crippen LogP contribution in [0.1, 0.15) is 39.2 Å². The van der Waals surface area contributed by atoms with Gasteiger partial charge < -0.3 is 25.3 Å². The van der Waals surface area contributed by atoms with E-state index < -0.39 is 30.2 Å². The van der Waals surface area contributed by atoms with E-state index in [0.29, 0.717) is 6.42 Å². The van der Waals surface area contributed by atoms with Crippen LogP contribution in [0.2, 0.25) is 0 Å². The SMILES string of the molecule is Cc1ccc(Oc2ncc(NC(=O)[C@@H](CCC(C)(C)C)OC(N)=O)cn2)cc1OC(F)(F)F. The molecule has 3 N–H and O–H groups in total. The normalized spacial score (nSPS) is 12.6. The van der Waals surface area contributed by atoms with Crippen LogP contribution < -0.4 is 20.5 Å². The van der Waals surface area contributed by atoms with Gasteiger partial charge in [-0.2, -0.15) is 0 Å². The summed E-state index contributed by atoms with van der Waals surface area (Å²) < 4.78 is 51.7. The fraction of sp³-hybridized carbons (Fsp3) is 0.429. The van der Waals surface area contributed by atoms with Crippen molar-refractivity contribution in [1.29, 1.82) is 0 Å². The van der Waals surface area contributed by atoms with Gasteiger partial charge in [-0.1, -0.05) is 26.8 Å². The lowest BCUT2D eigenvalue weighted by Crippen LogP contribution is -2.35. The van der Waals surface area contributed by atoms with Gasteiger partial charge in [-0.15, -0.1) is 13.2 Å². The van der Waals surface area contributed by atoms with Gasteiger partial charge in [0.2, 0.25) is 0 Å². The van der Waals surface area contributed by atoms with Gasteiger partial charge in [0.15, 0.2) is 6.10 Å². The molecule has 0 saturated heterocycles. The van der Waals surface area contributed by atoms with E-state index >= 15 is 0 Å². The minimum atomic E-state index is -4.84. The molecule has 9 nitrogen and oxygen atoms in total. The zero-order chi connectivity index (χ0) is 24.8. The molecule has 12 heteroatoms. The Bertz CT molecular complexity index is 975. The summed E-state index contributed by atoms with van der Waals surface area (Å²) in [5.74, 6) is -1.00. The number of ether oxygens (including phenoxy) is 3. The van der Waals surface area contributed by atoms with Crippen molar-refractivity contribution in [2.45, 2.75) is 53.0 Å². The van der Waals surface area contributed by atoms with Crippen LogP contribution in [0.5, 0.6) is 17.5 Å². The van der Waals surface area contributed by atoms with Gasteiger partial charge in [-0.25, -0.2) is 14.8 Å². The molecule has 0 aliphatic heterocycles. The van der Waals surface area contributed by atoms with Crippen molar-refractivity contribution >= 4 is 17.7 Å². The molecule has 1 atom stereocenters. The van der Waals surface area contributed by atoms with E-state index in [4.69, 9.17) is 15.2 Å². The molecule has 0 saturated carbocycles. The van der Waals surface area contributed by atoms with Gasteiger partial charge in [0.05, 0.1) is 18.1 Å². The molecule has 0 spiro atoms. The Hall–Kier alpha value is -3.57. The summed E-state index contributed by atoms with van der Waals surface area (Å²) in [6.07, 6.45) is -3.70. The third kappa shape index (κ3) is 9.21. The first-order valence-electron chi connectivity index (χ1n) is 9.85. The summed E-state index contributed by atoms with van der Waals surface area (Å²) >= 11 is 0. The number of anilines is 1. The molecule has 0 radical (unpaired) electrons. The first kappa shape index (κ1) is 25.7. The molecule has 0 unspecified atom stereocenters. The summed E-state index contributed by atoms with van der Waals surface area (Å²) in [6.45, 7) is 7.39. The number of nitrogens with zero attached hydrogens (tertiary/aromatic N) is 2. The molecule has 0 aliphatic carbocycles. The Labute approximate surface area is 188 Å². The maximum absolute atomic E-state index is 12.5. The highest BCUT2D eigenvalue weighted by Crippen LogP contribution is 2.31. The van der Waals surface area contributed by atoms with Crippen LogP contribution in [0.3, 0.4) is 0 Å². The van der Waals surface area contributed by atoms with Gasteiger partial charge >= 0.3 is 18.5 Å². The summed E-state index contributed by atoms with van der Waals surface area (Å²) in [7, 11) is 0. The fourth-order valence-electron chi connectivity index (χ4n) is 2.59. The number of nitrogens with two attached hydrogens (primary N) is 1. The zero-order valence-corrected chi connectivity index (χ0v) is 18.5. The van der Waals surface area contributed by atoms with Crippen LogP contribution in [-0.4, -0.2) is 34.4 Å². The quantitative estimate of drug-likeness (QED) is 0.572. The number of alkyl halides is 3. The van der Waals surface area contributed by atoms with E-state index in [2.05, 4.69) is 20.0 Å². The molecule has 2 aromatic rings. The molecule has 0 bridgehead atoms. The lowest BCUT2D eigenvalue weighted by atomic mass is 9.89. The number of aromatic nitrogens is 2. The second-order valence-electron chi connectivity index (χ2n) is 8.35. The molecule has 1 aromatic heterocycles. The fourth-order valence-corrected chi connectivity index (χ4v) is 2.59. The molecular weight excluding hydrogens is 445 g/mol. The van der Waals surface area contributed by atoms with Crippen molar-refractivity contribution in [1.82, 2.24) is 9.97 Å². The van der Waals surface area contributed by atoms with Crippen molar-refractivity contribution in [3.63, 3.8) is 0 Å². The van der Waals surface area contributed by atoms with Crippen LogP contribution in [0, 0.1) is 12.3 Å². The van der Waals surface area contributed by atoms with Crippen molar-refractivity contribution < 1.29 is 37.0 Å². The predicted molar refractivity (Wildman–Crippen MR) is 112 cm³/mol. The minimum absolute atomic E-state index is 0.0220. The third-order valence-corrected chi connectivity index (χ3v) is 4.20. The van der Waals surface area contributed by atoms with E-state index in [1.54, 1.807) is 0 Å². The van der Waals surface area contributed by atoms with Crippen molar-refractivity contribution in [2.75, 3.05) is 5.32 Å². The number of carbonyl (C=O) groups excluding carboxylic acids is 2. The predicted octanol–water partition coefficient (Wildman–Crippen LogP) is 4.70. The first-order chi connectivity index (χ1) is 15.2. The number of primary amides is 1. The number of carbonyl (C=O) groups is 2. The van der Waals surface area contributed by atoms with Gasteiger partial charge in [0.1, 0.15) is 11.5 Å². The molecule has 33 heavy (non-hydrogen) atoms. The standard InChI is InChI=1S/C21H25F3N4O5/c1-12-5-6-14(9-16(12)33-21(22,23)24)31-19-26-10-13(11-27-19)28-17(29)15(32-18(25)30)7-8-20(2,3)4/h5-6,9-11,15H,7-8H2,1-4H3,(H2,25,30)(H,28,29)/t15-/m1/s1. The Morgan fingerprint density at radius 3 is 2.33 bits per heavy atom.